The fraction of sp³-hybridized carbons (Fsp3) is 0.222. The van der Waals surface area contributed by atoms with Gasteiger partial charge < -0.3 is 15.1 Å². The lowest BCUT2D eigenvalue weighted by Crippen LogP contribution is -2.23. The van der Waals surface area contributed by atoms with Gasteiger partial charge in [0, 0.05) is 5.56 Å². The SMILES string of the molecule is CC(=O)c1ccccc1NC(=O)[C@@H](C)Sc1nnc(NCc2ccco2)s1. The van der Waals surface area contributed by atoms with Crippen molar-refractivity contribution in [2.24, 2.45) is 0 Å². The molecule has 0 radical (unpaired) electrons. The van der Waals surface area contributed by atoms with Crippen LogP contribution < -0.4 is 10.6 Å². The molecule has 0 aliphatic rings. The van der Waals surface area contributed by atoms with E-state index in [0.29, 0.717) is 27.3 Å². The van der Waals surface area contributed by atoms with Crippen LogP contribution in [0.1, 0.15) is 30.0 Å². The molecule has 0 bridgehead atoms. The Balaban J connectivity index is 1.56. The van der Waals surface area contributed by atoms with Gasteiger partial charge in [-0.3, -0.25) is 9.59 Å². The van der Waals surface area contributed by atoms with Gasteiger partial charge in [0.25, 0.3) is 0 Å². The Labute approximate surface area is 164 Å². The summed E-state index contributed by atoms with van der Waals surface area (Å²) in [5.74, 6) is 0.507. The fourth-order valence-corrected chi connectivity index (χ4v) is 4.13. The molecule has 0 fully saturated rings. The molecule has 7 nitrogen and oxygen atoms in total. The Kier molecular flexibility index (Phi) is 6.25. The number of hydrogen-bond acceptors (Lipinski definition) is 8. The quantitative estimate of drug-likeness (QED) is 0.433. The smallest absolute Gasteiger partial charge is 0.237 e. The van der Waals surface area contributed by atoms with Crippen molar-refractivity contribution in [1.82, 2.24) is 10.2 Å². The van der Waals surface area contributed by atoms with E-state index in [1.54, 1.807) is 37.5 Å². The van der Waals surface area contributed by atoms with E-state index in [-0.39, 0.29) is 11.7 Å². The summed E-state index contributed by atoms with van der Waals surface area (Å²) >= 11 is 2.68. The van der Waals surface area contributed by atoms with Crippen molar-refractivity contribution >= 4 is 45.6 Å². The molecule has 140 valence electrons. The molecule has 0 spiro atoms. The molecule has 1 amide bonds. The molecule has 2 N–H and O–H groups in total. The van der Waals surface area contributed by atoms with Gasteiger partial charge in [-0.15, -0.1) is 10.2 Å². The van der Waals surface area contributed by atoms with Gasteiger partial charge in [-0.25, -0.2) is 0 Å². The van der Waals surface area contributed by atoms with Crippen LogP contribution >= 0.6 is 23.1 Å². The third kappa shape index (κ3) is 5.18. The van der Waals surface area contributed by atoms with E-state index in [1.807, 2.05) is 12.1 Å². The minimum atomic E-state index is -0.393. The third-order valence-corrected chi connectivity index (χ3v) is 5.68. The van der Waals surface area contributed by atoms with Gasteiger partial charge in [0.15, 0.2) is 10.1 Å². The zero-order valence-electron chi connectivity index (χ0n) is 14.8. The van der Waals surface area contributed by atoms with Crippen LogP contribution in [0.15, 0.2) is 51.4 Å². The summed E-state index contributed by atoms with van der Waals surface area (Å²) in [5, 5.41) is 14.4. The van der Waals surface area contributed by atoms with E-state index in [9.17, 15) is 9.59 Å². The largest absolute Gasteiger partial charge is 0.467 e. The number of para-hydroxylation sites is 1. The number of Topliss-reactive ketones (excluding diaryl/α,β-unsaturated/α-hetero) is 1. The number of thioether (sulfide) groups is 1. The number of aromatic nitrogens is 2. The first-order chi connectivity index (χ1) is 13.0. The molecule has 9 heteroatoms. The third-order valence-electron chi connectivity index (χ3n) is 3.61. The highest BCUT2D eigenvalue weighted by atomic mass is 32.2. The summed E-state index contributed by atoms with van der Waals surface area (Å²) in [4.78, 5) is 24.1. The standard InChI is InChI=1S/C18H18N4O3S2/c1-11(23)14-7-3-4-8-15(14)20-16(24)12(2)26-18-22-21-17(27-18)19-10-13-6-5-9-25-13/h3-9,12H,10H2,1-2H3,(H,19,21)(H,20,24)/t12-/m1/s1. The number of anilines is 2. The van der Waals surface area contributed by atoms with E-state index >= 15 is 0 Å². The number of nitrogens with zero attached hydrogens (tertiary/aromatic N) is 2. The number of rotatable bonds is 8. The minimum Gasteiger partial charge on any atom is -0.467 e. The van der Waals surface area contributed by atoms with Crippen molar-refractivity contribution in [2.75, 3.05) is 10.6 Å². The molecule has 0 aliphatic carbocycles. The maximum atomic E-state index is 12.5. The van der Waals surface area contributed by atoms with Gasteiger partial charge in [0.2, 0.25) is 11.0 Å². The van der Waals surface area contributed by atoms with Crippen LogP contribution in [-0.2, 0) is 11.3 Å². The maximum absolute atomic E-state index is 12.5. The monoisotopic (exact) mass is 402 g/mol. The molecule has 0 saturated carbocycles. The molecular weight excluding hydrogens is 384 g/mol. The number of ketones is 1. The van der Waals surface area contributed by atoms with Crippen molar-refractivity contribution in [3.63, 3.8) is 0 Å². The van der Waals surface area contributed by atoms with Crippen LogP contribution in [0.25, 0.3) is 0 Å². The normalized spacial score (nSPS) is 11.8. The first-order valence-corrected chi connectivity index (χ1v) is 9.90. The Morgan fingerprint density at radius 2 is 2.04 bits per heavy atom. The molecule has 2 heterocycles. The molecular formula is C18H18N4O3S2. The Hall–Kier alpha value is -2.65. The average Bonchev–Trinajstić information content (AvgIpc) is 3.32. The number of carbonyl (C=O) groups excluding carboxylic acids is 2. The predicted octanol–water partition coefficient (Wildman–Crippen LogP) is 4.07. The molecule has 1 atom stereocenters. The van der Waals surface area contributed by atoms with Gasteiger partial charge >= 0.3 is 0 Å². The second-order valence-corrected chi connectivity index (χ2v) is 8.22. The number of nitrogens with one attached hydrogen (secondary N) is 2. The highest BCUT2D eigenvalue weighted by Crippen LogP contribution is 2.30. The van der Waals surface area contributed by atoms with Crippen molar-refractivity contribution in [1.29, 1.82) is 0 Å². The average molecular weight is 403 g/mol. The summed E-state index contributed by atoms with van der Waals surface area (Å²) in [6.45, 7) is 3.78. The Morgan fingerprint density at radius 1 is 1.22 bits per heavy atom. The molecule has 0 saturated heterocycles. The molecule has 3 rings (SSSR count). The van der Waals surface area contributed by atoms with Gasteiger partial charge in [-0.2, -0.15) is 0 Å². The van der Waals surface area contributed by atoms with E-state index in [0.717, 1.165) is 5.76 Å². The van der Waals surface area contributed by atoms with Crippen molar-refractivity contribution < 1.29 is 14.0 Å². The van der Waals surface area contributed by atoms with Gasteiger partial charge in [0.05, 0.1) is 23.7 Å². The number of benzene rings is 1. The fourth-order valence-electron chi connectivity index (χ4n) is 2.24. The summed E-state index contributed by atoms with van der Waals surface area (Å²) in [6, 6.07) is 10.6. The van der Waals surface area contributed by atoms with E-state index < -0.39 is 5.25 Å². The highest BCUT2D eigenvalue weighted by molar-refractivity contribution is 8.02. The maximum Gasteiger partial charge on any atom is 0.237 e. The minimum absolute atomic E-state index is 0.0948. The van der Waals surface area contributed by atoms with E-state index in [4.69, 9.17) is 4.42 Å². The molecule has 2 aromatic heterocycles. The van der Waals surface area contributed by atoms with Crippen LogP contribution in [0.5, 0.6) is 0 Å². The first-order valence-electron chi connectivity index (χ1n) is 8.20. The van der Waals surface area contributed by atoms with Gasteiger partial charge in [0.1, 0.15) is 5.76 Å². The zero-order chi connectivity index (χ0) is 19.2. The van der Waals surface area contributed by atoms with Crippen LogP contribution in [-0.4, -0.2) is 27.1 Å². The van der Waals surface area contributed by atoms with Gasteiger partial charge in [-0.05, 0) is 38.1 Å². The highest BCUT2D eigenvalue weighted by Gasteiger charge is 2.19. The number of hydrogen-bond donors (Lipinski definition) is 2. The number of carbonyl (C=O) groups is 2. The van der Waals surface area contributed by atoms with Crippen molar-refractivity contribution in [3.05, 3.63) is 54.0 Å². The summed E-state index contributed by atoms with van der Waals surface area (Å²) in [6.07, 6.45) is 1.61. The van der Waals surface area contributed by atoms with E-state index in [1.165, 1.54) is 30.0 Å². The lowest BCUT2D eigenvalue weighted by molar-refractivity contribution is -0.115. The predicted molar refractivity (Wildman–Crippen MR) is 106 cm³/mol. The van der Waals surface area contributed by atoms with Crippen LogP contribution in [0, 0.1) is 0 Å². The second-order valence-electron chi connectivity index (χ2n) is 5.66. The van der Waals surface area contributed by atoms with Crippen LogP contribution in [0.4, 0.5) is 10.8 Å². The number of amides is 1. The molecule has 27 heavy (non-hydrogen) atoms. The first kappa shape index (κ1) is 19.1. The summed E-state index contributed by atoms with van der Waals surface area (Å²) < 4.78 is 5.93. The summed E-state index contributed by atoms with van der Waals surface area (Å²) in [5.41, 5.74) is 1.00. The topological polar surface area (TPSA) is 97.1 Å². The van der Waals surface area contributed by atoms with Crippen LogP contribution in [0.2, 0.25) is 0 Å². The summed E-state index contributed by atoms with van der Waals surface area (Å²) in [7, 11) is 0. The lowest BCUT2D eigenvalue weighted by Gasteiger charge is -2.12. The Morgan fingerprint density at radius 3 is 2.78 bits per heavy atom. The Bertz CT molecular complexity index is 924. The van der Waals surface area contributed by atoms with Crippen LogP contribution in [0.3, 0.4) is 0 Å². The second kappa shape index (κ2) is 8.83. The van der Waals surface area contributed by atoms with Gasteiger partial charge in [-0.1, -0.05) is 35.2 Å². The molecule has 3 aromatic rings. The van der Waals surface area contributed by atoms with E-state index in [2.05, 4.69) is 20.8 Å². The van der Waals surface area contributed by atoms with Crippen molar-refractivity contribution in [2.45, 2.75) is 30.0 Å². The zero-order valence-corrected chi connectivity index (χ0v) is 16.4. The molecule has 0 aliphatic heterocycles. The molecule has 0 unspecified atom stereocenters. The molecule has 1 aromatic carbocycles. The lowest BCUT2D eigenvalue weighted by atomic mass is 10.1. The van der Waals surface area contributed by atoms with Crippen molar-refractivity contribution in [3.8, 4) is 0 Å². The number of furan rings is 1.